The molecule has 6 aromatic rings. The number of likely N-dealkylation sites (tertiary alicyclic amines) is 1. The number of fused-ring (bicyclic) bond motifs is 2. The zero-order chi connectivity index (χ0) is 49.7. The number of ether oxygens (including phenoxy) is 2. The first-order valence-corrected chi connectivity index (χ1v) is 24.6. The van der Waals surface area contributed by atoms with E-state index in [1.165, 1.54) is 30.2 Å². The largest absolute Gasteiger partial charge is 0.494 e. The van der Waals surface area contributed by atoms with Crippen LogP contribution in [0.25, 0.3) is 33.2 Å². The molecule has 5 heterocycles. The lowest BCUT2D eigenvalue weighted by atomic mass is 9.77. The zero-order valence-electron chi connectivity index (χ0n) is 39.8. The summed E-state index contributed by atoms with van der Waals surface area (Å²) in [7, 11) is 3.14. The second-order valence-electron chi connectivity index (χ2n) is 19.3. The lowest BCUT2D eigenvalue weighted by Crippen LogP contribution is -2.49. The van der Waals surface area contributed by atoms with Crippen LogP contribution >= 0.6 is 11.6 Å². The van der Waals surface area contributed by atoms with E-state index in [-0.39, 0.29) is 70.0 Å². The maximum Gasteiger partial charge on any atom is 0.329 e. The number of primary amides is 1. The smallest absolute Gasteiger partial charge is 0.329 e. The van der Waals surface area contributed by atoms with Crippen molar-refractivity contribution < 1.29 is 37.4 Å². The number of amides is 5. The average Bonchev–Trinajstić information content (AvgIpc) is 3.85. The van der Waals surface area contributed by atoms with Gasteiger partial charge in [0.15, 0.2) is 23.0 Å². The highest BCUT2D eigenvalue weighted by Gasteiger charge is 2.50. The molecule has 1 saturated carbocycles. The van der Waals surface area contributed by atoms with Crippen LogP contribution in [-0.4, -0.2) is 82.7 Å². The molecule has 17 heteroatoms. The van der Waals surface area contributed by atoms with Gasteiger partial charge in [0.05, 0.1) is 23.2 Å². The van der Waals surface area contributed by atoms with E-state index in [2.05, 4.69) is 27.9 Å². The molecule has 3 fully saturated rings. The lowest BCUT2D eigenvalue weighted by molar-refractivity contribution is -0.138. The number of rotatable bonds is 12. The third-order valence-corrected chi connectivity index (χ3v) is 15.6. The molecule has 2 atom stereocenters. The number of anilines is 1. The summed E-state index contributed by atoms with van der Waals surface area (Å²) < 4.78 is 45.8. The normalized spacial score (nSPS) is 21.5. The van der Waals surface area contributed by atoms with E-state index in [0.717, 1.165) is 78.2 Å². The van der Waals surface area contributed by atoms with Crippen molar-refractivity contribution in [2.75, 3.05) is 38.2 Å². The molecule has 0 bridgehead atoms. The first-order chi connectivity index (χ1) is 34.2. The van der Waals surface area contributed by atoms with E-state index in [0.29, 0.717) is 36.9 Å². The Morgan fingerprint density at radius 3 is 2.41 bits per heavy atom. The maximum absolute atomic E-state index is 16.2. The van der Waals surface area contributed by atoms with Crippen molar-refractivity contribution >= 4 is 52.1 Å². The molecule has 2 saturated heterocycles. The number of hydrogen-bond donors (Lipinski definition) is 3. The van der Waals surface area contributed by atoms with Crippen LogP contribution < -0.4 is 30.7 Å². The number of benzene rings is 4. The van der Waals surface area contributed by atoms with Crippen LogP contribution in [0.15, 0.2) is 85.1 Å². The number of hydrogen-bond acceptors (Lipinski definition) is 9. The molecule has 14 nitrogen and oxygen atoms in total. The van der Waals surface area contributed by atoms with Crippen LogP contribution in [0.5, 0.6) is 11.5 Å². The number of urea groups is 1. The van der Waals surface area contributed by atoms with Crippen LogP contribution in [0, 0.1) is 23.5 Å². The van der Waals surface area contributed by atoms with Crippen molar-refractivity contribution in [1.82, 2.24) is 30.3 Å². The first-order valence-electron chi connectivity index (χ1n) is 24.2. The van der Waals surface area contributed by atoms with Gasteiger partial charge < -0.3 is 25.4 Å². The zero-order valence-corrected chi connectivity index (χ0v) is 40.5. The second-order valence-corrected chi connectivity index (χ2v) is 19.7. The molecule has 0 spiro atoms. The number of halogens is 3. The van der Waals surface area contributed by atoms with Gasteiger partial charge in [-0.2, -0.15) is 5.10 Å². The topological polar surface area (TPSA) is 174 Å². The maximum atomic E-state index is 16.2. The molecule has 4 aliphatic rings. The standard InChI is InChI=1S/C54H55ClF2N8O6/c1-30-45-43(28-40(56)48(55)47(45)46-39(50(58)67)15-16-42(70-3)49(46)57)71-54(30,35-7-5-4-6-8-35)29-60-36-12-9-32(10-13-36)52(68)64-22-18-31(19-23-64)25-37-26-34(17-21-59-37)33-11-14-38-41(27-33)63(2)62-51(38)65-24-20-44(66)61-53(65)69/h4-8,11,14-17,21,26-28,30-32,36,60H,9-10,12-13,18-20,22-25,29H2,1-3H3,(H2,58,67)(H,61,66,69). The van der Waals surface area contributed by atoms with Gasteiger partial charge >= 0.3 is 6.03 Å². The fraction of sp³-hybridized carbons (Fsp3) is 0.370. The number of pyridine rings is 1. The van der Waals surface area contributed by atoms with Gasteiger partial charge in [-0.05, 0) is 104 Å². The summed E-state index contributed by atoms with van der Waals surface area (Å²) in [6, 6.07) is 23.2. The van der Waals surface area contributed by atoms with Crippen molar-refractivity contribution in [3.8, 4) is 33.8 Å². The van der Waals surface area contributed by atoms with E-state index < -0.39 is 35.1 Å². The quantitative estimate of drug-likeness (QED) is 0.108. The van der Waals surface area contributed by atoms with Crippen LogP contribution in [0.2, 0.25) is 5.02 Å². The van der Waals surface area contributed by atoms with E-state index in [9.17, 15) is 19.2 Å². The van der Waals surface area contributed by atoms with Gasteiger partial charge in [-0.25, -0.2) is 13.6 Å². The highest BCUT2D eigenvalue weighted by atomic mass is 35.5. The summed E-state index contributed by atoms with van der Waals surface area (Å²) in [6.07, 6.45) is 7.66. The summed E-state index contributed by atoms with van der Waals surface area (Å²) in [5, 5.41) is 11.2. The predicted octanol–water partition coefficient (Wildman–Crippen LogP) is 8.81. The first kappa shape index (κ1) is 47.8. The molecule has 4 aromatic carbocycles. The fourth-order valence-electron chi connectivity index (χ4n) is 11.3. The monoisotopic (exact) mass is 984 g/mol. The Morgan fingerprint density at radius 2 is 1.69 bits per heavy atom. The van der Waals surface area contributed by atoms with E-state index >= 15 is 8.78 Å². The second kappa shape index (κ2) is 19.4. The number of imide groups is 1. The minimum atomic E-state index is -1.08. The Hall–Kier alpha value is -6.91. The van der Waals surface area contributed by atoms with Crippen LogP contribution in [0.4, 0.5) is 19.4 Å². The number of aromatic nitrogens is 3. The molecule has 0 radical (unpaired) electrons. The minimum absolute atomic E-state index is 0.00859. The highest BCUT2D eigenvalue weighted by molar-refractivity contribution is 6.34. The Balaban J connectivity index is 0.767. The van der Waals surface area contributed by atoms with Crippen molar-refractivity contribution in [2.45, 2.75) is 75.9 Å². The molecule has 3 aliphatic heterocycles. The number of carbonyl (C=O) groups excluding carboxylic acids is 4. The van der Waals surface area contributed by atoms with Gasteiger partial charge in [0.25, 0.3) is 0 Å². The number of nitrogens with zero attached hydrogens (tertiary/aromatic N) is 5. The molecular weight excluding hydrogens is 930 g/mol. The molecule has 71 heavy (non-hydrogen) atoms. The number of nitrogens with one attached hydrogen (secondary N) is 2. The van der Waals surface area contributed by atoms with Gasteiger partial charge in [-0.1, -0.05) is 54.9 Å². The summed E-state index contributed by atoms with van der Waals surface area (Å²) in [4.78, 5) is 59.3. The summed E-state index contributed by atoms with van der Waals surface area (Å²) >= 11 is 6.70. The summed E-state index contributed by atoms with van der Waals surface area (Å²) in [5.41, 5.74) is 9.39. The van der Waals surface area contributed by atoms with Crippen LogP contribution in [0.3, 0.4) is 0 Å². The average molecular weight is 986 g/mol. The van der Waals surface area contributed by atoms with E-state index in [4.69, 9.17) is 31.8 Å². The Bertz CT molecular complexity index is 3080. The van der Waals surface area contributed by atoms with Crippen molar-refractivity contribution in [1.29, 1.82) is 0 Å². The Morgan fingerprint density at radius 1 is 0.944 bits per heavy atom. The minimum Gasteiger partial charge on any atom is -0.494 e. The van der Waals surface area contributed by atoms with Gasteiger partial charge in [0.1, 0.15) is 11.6 Å². The SMILES string of the molecule is COc1ccc(C(N)=O)c(-c2c(Cl)c(F)cc3c2C(C)C(CNC2CCC(C(=O)N4CCC(Cc5cc(-c6ccc7c(N8CCC(=O)NC8=O)nn(C)c7c6)ccn5)CC4)CC2)(c2ccccc2)O3)c1F. The van der Waals surface area contributed by atoms with Crippen molar-refractivity contribution in [3.63, 3.8) is 0 Å². The molecule has 2 unspecified atom stereocenters. The molecule has 368 valence electrons. The fourth-order valence-corrected chi connectivity index (χ4v) is 11.5. The lowest BCUT2D eigenvalue weighted by Gasteiger charge is -2.38. The Labute approximate surface area is 414 Å². The molecule has 4 N–H and O–H groups in total. The number of methoxy groups -OCH3 is 1. The highest BCUT2D eigenvalue weighted by Crippen LogP contribution is 2.56. The third kappa shape index (κ3) is 8.85. The molecule has 2 aromatic heterocycles. The number of piperidine rings is 1. The van der Waals surface area contributed by atoms with Gasteiger partial charge in [0, 0.05) is 97.6 Å². The molecule has 10 rings (SSSR count). The number of carbonyl (C=O) groups is 4. The van der Waals surface area contributed by atoms with Crippen molar-refractivity contribution in [2.24, 2.45) is 24.6 Å². The van der Waals surface area contributed by atoms with E-state index in [1.54, 1.807) is 4.68 Å². The molecule has 5 amide bonds. The van der Waals surface area contributed by atoms with Gasteiger partial charge in [-0.3, -0.25) is 34.3 Å². The number of nitrogens with two attached hydrogens (primary N) is 1. The predicted molar refractivity (Wildman–Crippen MR) is 265 cm³/mol. The third-order valence-electron chi connectivity index (χ3n) is 15.2. The molecule has 1 aliphatic carbocycles. The number of aryl methyl sites for hydroxylation is 1. The summed E-state index contributed by atoms with van der Waals surface area (Å²) in [6.45, 7) is 3.92. The van der Waals surface area contributed by atoms with Gasteiger partial charge in [0.2, 0.25) is 17.7 Å². The Kier molecular flexibility index (Phi) is 13.0. The molecular formula is C54H55ClF2N8O6. The summed E-state index contributed by atoms with van der Waals surface area (Å²) in [5.74, 6) is -2.37. The van der Waals surface area contributed by atoms with Crippen molar-refractivity contribution in [3.05, 3.63) is 124 Å². The van der Waals surface area contributed by atoms with Crippen LogP contribution in [-0.2, 0) is 28.7 Å². The van der Waals surface area contributed by atoms with E-state index in [1.807, 2.05) is 73.6 Å². The van der Waals surface area contributed by atoms with Gasteiger partial charge in [-0.15, -0.1) is 0 Å². The van der Waals surface area contributed by atoms with Crippen LogP contribution in [0.1, 0.15) is 85.0 Å².